The summed E-state index contributed by atoms with van der Waals surface area (Å²) in [6.07, 6.45) is -3.97. The fourth-order valence-electron chi connectivity index (χ4n) is 2.02. The van der Waals surface area contributed by atoms with E-state index in [4.69, 9.17) is 5.11 Å². The van der Waals surface area contributed by atoms with Crippen LogP contribution in [0.25, 0.3) is 0 Å². The largest absolute Gasteiger partial charge is 0.416 e. The molecule has 1 aliphatic rings. The molecule has 0 aliphatic heterocycles. The van der Waals surface area contributed by atoms with Crippen LogP contribution in [0.4, 0.5) is 13.2 Å². The number of benzene rings is 1. The van der Waals surface area contributed by atoms with E-state index in [1.165, 1.54) is 0 Å². The fraction of sp³-hybridized carbons (Fsp3) is 0.500. The zero-order chi connectivity index (χ0) is 15.0. The van der Waals surface area contributed by atoms with Crippen LogP contribution < -0.4 is 4.72 Å². The molecule has 0 aromatic heterocycles. The van der Waals surface area contributed by atoms with Crippen LogP contribution >= 0.6 is 0 Å². The van der Waals surface area contributed by atoms with Crippen molar-refractivity contribution in [2.45, 2.75) is 30.0 Å². The van der Waals surface area contributed by atoms with E-state index in [2.05, 4.69) is 4.72 Å². The highest BCUT2D eigenvalue weighted by molar-refractivity contribution is 7.89. The molecule has 0 heterocycles. The lowest BCUT2D eigenvalue weighted by Gasteiger charge is -2.31. The predicted molar refractivity (Wildman–Crippen MR) is 65.4 cm³/mol. The molecule has 0 bridgehead atoms. The topological polar surface area (TPSA) is 66.4 Å². The Balaban J connectivity index is 2.09. The molecule has 2 rings (SSSR count). The lowest BCUT2D eigenvalue weighted by molar-refractivity contribution is -0.137. The summed E-state index contributed by atoms with van der Waals surface area (Å²) >= 11 is 0. The van der Waals surface area contributed by atoms with Gasteiger partial charge in [0.1, 0.15) is 0 Å². The van der Waals surface area contributed by atoms with Crippen LogP contribution in [0.3, 0.4) is 0 Å². The van der Waals surface area contributed by atoms with Gasteiger partial charge in [-0.1, -0.05) is 6.07 Å². The minimum atomic E-state index is -4.58. The summed E-state index contributed by atoms with van der Waals surface area (Å²) in [4.78, 5) is -0.410. The molecule has 1 aliphatic carbocycles. The highest BCUT2D eigenvalue weighted by atomic mass is 32.2. The minimum absolute atomic E-state index is 0.0329. The molecule has 2 N–H and O–H groups in total. The van der Waals surface area contributed by atoms with Crippen LogP contribution in [0.1, 0.15) is 18.4 Å². The Hall–Kier alpha value is -1.12. The number of hydrogen-bond donors (Lipinski definition) is 2. The average Bonchev–Trinajstić information content (AvgIpc) is 2.32. The van der Waals surface area contributed by atoms with Crippen molar-refractivity contribution in [3.63, 3.8) is 0 Å². The summed E-state index contributed by atoms with van der Waals surface area (Å²) < 4.78 is 63.7. The first-order valence-electron chi connectivity index (χ1n) is 6.03. The van der Waals surface area contributed by atoms with Crippen LogP contribution in [0.15, 0.2) is 29.2 Å². The van der Waals surface area contributed by atoms with E-state index in [0.717, 1.165) is 18.2 Å². The number of aliphatic hydroxyl groups is 1. The van der Waals surface area contributed by atoms with Gasteiger partial charge in [-0.3, -0.25) is 0 Å². The standard InChI is InChI=1S/C12H14F3NO3S/c13-12(14,15)9-2-1-3-11(6-9)20(18,19)16-7-8-4-10(17)5-8/h1-3,6,8,10,16-17H,4-5,7H2. The Kier molecular flexibility index (Phi) is 4.08. The number of aliphatic hydroxyl groups excluding tert-OH is 1. The maximum atomic E-state index is 12.5. The van der Waals surface area contributed by atoms with Gasteiger partial charge in [-0.25, -0.2) is 13.1 Å². The van der Waals surface area contributed by atoms with Crippen LogP contribution in [-0.2, 0) is 16.2 Å². The number of rotatable bonds is 4. The summed E-state index contributed by atoms with van der Waals surface area (Å²) in [6, 6.07) is 3.61. The van der Waals surface area contributed by atoms with Crippen molar-refractivity contribution >= 4 is 10.0 Å². The van der Waals surface area contributed by atoms with Crippen LogP contribution in [-0.4, -0.2) is 26.2 Å². The second-order valence-corrected chi connectivity index (χ2v) is 6.64. The van der Waals surface area contributed by atoms with Gasteiger partial charge in [0, 0.05) is 6.54 Å². The molecule has 0 radical (unpaired) electrons. The molecule has 0 saturated heterocycles. The molecule has 1 aromatic carbocycles. The normalized spacial score (nSPS) is 23.4. The third-order valence-corrected chi connectivity index (χ3v) is 4.67. The molecule has 8 heteroatoms. The SMILES string of the molecule is O=S(=O)(NCC1CC(O)C1)c1cccc(C(F)(F)F)c1. The molecule has 1 saturated carbocycles. The Morgan fingerprint density at radius 3 is 2.50 bits per heavy atom. The Morgan fingerprint density at radius 1 is 1.30 bits per heavy atom. The molecule has 0 atom stereocenters. The van der Waals surface area contributed by atoms with E-state index in [1.807, 2.05) is 0 Å². The number of halogens is 3. The quantitative estimate of drug-likeness (QED) is 0.890. The first-order valence-corrected chi connectivity index (χ1v) is 7.52. The molecule has 0 unspecified atom stereocenters. The first kappa shape index (κ1) is 15.3. The second-order valence-electron chi connectivity index (χ2n) is 4.87. The smallest absolute Gasteiger partial charge is 0.393 e. The molecule has 1 aromatic rings. The summed E-state index contributed by atoms with van der Waals surface area (Å²) in [5.74, 6) is 0.0329. The highest BCUT2D eigenvalue weighted by Gasteiger charge is 2.32. The maximum absolute atomic E-state index is 12.5. The summed E-state index contributed by atoms with van der Waals surface area (Å²) in [5, 5.41) is 9.09. The van der Waals surface area contributed by atoms with Gasteiger partial charge in [-0.05, 0) is 37.0 Å². The third-order valence-electron chi connectivity index (χ3n) is 3.24. The summed E-state index contributed by atoms with van der Waals surface area (Å²) in [6.45, 7) is 0.121. The third kappa shape index (κ3) is 3.50. The van der Waals surface area contributed by atoms with Crippen molar-refractivity contribution in [1.29, 1.82) is 0 Å². The monoisotopic (exact) mass is 309 g/mol. The summed E-state index contributed by atoms with van der Waals surface area (Å²) in [7, 11) is -3.96. The van der Waals surface area contributed by atoms with Gasteiger partial charge in [0.2, 0.25) is 10.0 Å². The van der Waals surface area contributed by atoms with Crippen LogP contribution in [0.5, 0.6) is 0 Å². The van der Waals surface area contributed by atoms with Crippen LogP contribution in [0, 0.1) is 5.92 Å². The first-order chi connectivity index (χ1) is 9.18. The number of sulfonamides is 1. The van der Waals surface area contributed by atoms with Gasteiger partial charge in [0.15, 0.2) is 0 Å². The van der Waals surface area contributed by atoms with E-state index in [9.17, 15) is 21.6 Å². The van der Waals surface area contributed by atoms with Crippen molar-refractivity contribution < 1.29 is 26.7 Å². The van der Waals surface area contributed by atoms with Gasteiger partial charge in [0.25, 0.3) is 0 Å². The molecule has 112 valence electrons. The zero-order valence-electron chi connectivity index (χ0n) is 10.4. The van der Waals surface area contributed by atoms with Gasteiger partial charge < -0.3 is 5.11 Å². The number of alkyl halides is 3. The molecule has 20 heavy (non-hydrogen) atoms. The molecule has 4 nitrogen and oxygen atoms in total. The van der Waals surface area contributed by atoms with Crippen molar-refractivity contribution in [3.05, 3.63) is 29.8 Å². The van der Waals surface area contributed by atoms with Gasteiger partial charge in [-0.2, -0.15) is 13.2 Å². The van der Waals surface area contributed by atoms with E-state index < -0.39 is 32.8 Å². The fourth-order valence-corrected chi connectivity index (χ4v) is 3.18. The van der Waals surface area contributed by atoms with E-state index in [1.54, 1.807) is 0 Å². The predicted octanol–water partition coefficient (Wildman–Crippen LogP) is 1.75. The highest BCUT2D eigenvalue weighted by Crippen LogP contribution is 2.31. The van der Waals surface area contributed by atoms with Crippen molar-refractivity contribution in [1.82, 2.24) is 4.72 Å². The Bertz CT molecular complexity index is 580. The Morgan fingerprint density at radius 2 is 1.95 bits per heavy atom. The maximum Gasteiger partial charge on any atom is 0.416 e. The second kappa shape index (κ2) is 5.34. The molecule has 0 amide bonds. The molecule has 1 fully saturated rings. The molecular formula is C12H14F3NO3S. The Labute approximate surface area is 114 Å². The van der Waals surface area contributed by atoms with Gasteiger partial charge in [-0.15, -0.1) is 0 Å². The van der Waals surface area contributed by atoms with E-state index in [0.29, 0.717) is 18.9 Å². The van der Waals surface area contributed by atoms with Gasteiger partial charge >= 0.3 is 6.18 Å². The van der Waals surface area contributed by atoms with E-state index in [-0.39, 0.29) is 12.5 Å². The number of hydrogen-bond acceptors (Lipinski definition) is 3. The number of nitrogens with one attached hydrogen (secondary N) is 1. The van der Waals surface area contributed by atoms with Crippen LogP contribution in [0.2, 0.25) is 0 Å². The van der Waals surface area contributed by atoms with Crippen molar-refractivity contribution in [2.75, 3.05) is 6.54 Å². The van der Waals surface area contributed by atoms with Crippen molar-refractivity contribution in [2.24, 2.45) is 5.92 Å². The zero-order valence-corrected chi connectivity index (χ0v) is 11.2. The lowest BCUT2D eigenvalue weighted by Crippen LogP contribution is -2.38. The minimum Gasteiger partial charge on any atom is -0.393 e. The van der Waals surface area contributed by atoms with Gasteiger partial charge in [0.05, 0.1) is 16.6 Å². The molecular weight excluding hydrogens is 295 g/mol. The van der Waals surface area contributed by atoms with E-state index >= 15 is 0 Å². The lowest BCUT2D eigenvalue weighted by atomic mass is 9.83. The van der Waals surface area contributed by atoms with Crippen molar-refractivity contribution in [3.8, 4) is 0 Å². The average molecular weight is 309 g/mol. The summed E-state index contributed by atoms with van der Waals surface area (Å²) in [5.41, 5.74) is -1.00. The molecule has 0 spiro atoms.